The van der Waals surface area contributed by atoms with Gasteiger partial charge in [-0.3, -0.25) is 4.79 Å². The van der Waals surface area contributed by atoms with E-state index in [2.05, 4.69) is 5.32 Å². The van der Waals surface area contributed by atoms with E-state index in [-0.39, 0.29) is 5.91 Å². The van der Waals surface area contributed by atoms with Crippen molar-refractivity contribution in [2.75, 3.05) is 0 Å². The summed E-state index contributed by atoms with van der Waals surface area (Å²) in [5.74, 6) is -1.32. The lowest BCUT2D eigenvalue weighted by molar-refractivity contribution is -0.139. The normalized spacial score (nSPS) is 12.1. The molecule has 1 amide bonds. The van der Waals surface area contributed by atoms with Gasteiger partial charge in [-0.15, -0.1) is 0 Å². The number of hydrogen-bond acceptors (Lipinski definition) is 3. The molecule has 1 aromatic rings. The van der Waals surface area contributed by atoms with Crippen LogP contribution in [0.15, 0.2) is 10.8 Å². The highest BCUT2D eigenvalue weighted by Gasteiger charge is 2.19. The highest BCUT2D eigenvalue weighted by Crippen LogP contribution is 2.13. The third-order valence-corrected chi connectivity index (χ3v) is 2.97. The van der Waals surface area contributed by atoms with Gasteiger partial charge in [-0.1, -0.05) is 6.92 Å². The number of carbonyl (C=O) groups excluding carboxylic acids is 1. The smallest absolute Gasteiger partial charge is 0.326 e. The minimum Gasteiger partial charge on any atom is -0.480 e. The third kappa shape index (κ3) is 2.79. The summed E-state index contributed by atoms with van der Waals surface area (Å²) in [6.07, 6.45) is 0.379. The monoisotopic (exact) mass is 227 g/mol. The van der Waals surface area contributed by atoms with Gasteiger partial charge in [-0.25, -0.2) is 4.79 Å². The SMILES string of the molecule is CC[C@H](NC(=O)c1cscc1C)C(=O)O. The molecule has 0 aliphatic carbocycles. The molecule has 2 N–H and O–H groups in total. The average Bonchev–Trinajstić information content (AvgIpc) is 2.60. The Kier molecular flexibility index (Phi) is 3.85. The second-order valence-corrected chi connectivity index (χ2v) is 3.98. The summed E-state index contributed by atoms with van der Waals surface area (Å²) in [7, 11) is 0. The Morgan fingerprint density at radius 3 is 2.60 bits per heavy atom. The number of nitrogens with one attached hydrogen (secondary N) is 1. The van der Waals surface area contributed by atoms with Crippen LogP contribution in [0, 0.1) is 6.92 Å². The van der Waals surface area contributed by atoms with E-state index in [1.54, 1.807) is 12.3 Å². The van der Waals surface area contributed by atoms with Crippen molar-refractivity contribution in [2.45, 2.75) is 26.3 Å². The van der Waals surface area contributed by atoms with E-state index in [4.69, 9.17) is 5.11 Å². The number of rotatable bonds is 4. The molecule has 0 fully saturated rings. The maximum Gasteiger partial charge on any atom is 0.326 e. The Balaban J connectivity index is 2.71. The summed E-state index contributed by atoms with van der Waals surface area (Å²) < 4.78 is 0. The Labute approximate surface area is 91.9 Å². The van der Waals surface area contributed by atoms with Crippen molar-refractivity contribution in [1.29, 1.82) is 0 Å². The van der Waals surface area contributed by atoms with Crippen LogP contribution in [0.2, 0.25) is 0 Å². The number of thiophene rings is 1. The van der Waals surface area contributed by atoms with Crippen molar-refractivity contribution in [3.8, 4) is 0 Å². The van der Waals surface area contributed by atoms with Gasteiger partial charge < -0.3 is 10.4 Å². The molecule has 0 bridgehead atoms. The lowest BCUT2D eigenvalue weighted by atomic mass is 10.1. The lowest BCUT2D eigenvalue weighted by Crippen LogP contribution is -2.40. The standard InChI is InChI=1S/C10H13NO3S/c1-3-8(10(13)14)11-9(12)7-5-15-4-6(7)2/h4-5,8H,3H2,1-2H3,(H,11,12)(H,13,14)/t8-/m0/s1. The van der Waals surface area contributed by atoms with Crippen LogP contribution < -0.4 is 5.32 Å². The molecule has 0 aliphatic rings. The molecule has 0 unspecified atom stereocenters. The lowest BCUT2D eigenvalue weighted by Gasteiger charge is -2.11. The number of hydrogen-bond donors (Lipinski definition) is 2. The summed E-state index contributed by atoms with van der Waals surface area (Å²) >= 11 is 1.43. The van der Waals surface area contributed by atoms with Crippen LogP contribution in [-0.2, 0) is 4.79 Å². The summed E-state index contributed by atoms with van der Waals surface area (Å²) in [4.78, 5) is 22.3. The minimum absolute atomic E-state index is 0.317. The van der Waals surface area contributed by atoms with Crippen molar-refractivity contribution >= 4 is 23.2 Å². The van der Waals surface area contributed by atoms with Gasteiger partial charge >= 0.3 is 5.97 Å². The highest BCUT2D eigenvalue weighted by molar-refractivity contribution is 7.08. The Bertz CT molecular complexity index is 372. The fraction of sp³-hybridized carbons (Fsp3) is 0.400. The third-order valence-electron chi connectivity index (χ3n) is 2.11. The van der Waals surface area contributed by atoms with E-state index >= 15 is 0 Å². The number of aryl methyl sites for hydroxylation is 1. The van der Waals surface area contributed by atoms with Crippen molar-refractivity contribution < 1.29 is 14.7 Å². The number of aliphatic carboxylic acids is 1. The topological polar surface area (TPSA) is 66.4 Å². The van der Waals surface area contributed by atoms with Crippen LogP contribution in [0.5, 0.6) is 0 Å². The number of carboxylic acid groups (broad SMARTS) is 1. The molecule has 0 spiro atoms. The predicted molar refractivity (Wildman–Crippen MR) is 58.2 cm³/mol. The highest BCUT2D eigenvalue weighted by atomic mass is 32.1. The molecule has 82 valence electrons. The van der Waals surface area contributed by atoms with E-state index in [1.807, 2.05) is 12.3 Å². The van der Waals surface area contributed by atoms with Gasteiger partial charge in [0, 0.05) is 5.38 Å². The quantitative estimate of drug-likeness (QED) is 0.822. The first-order chi connectivity index (χ1) is 7.06. The molecule has 1 aromatic heterocycles. The minimum atomic E-state index is -1.00. The predicted octanol–water partition coefficient (Wildman–Crippen LogP) is 1.65. The van der Waals surface area contributed by atoms with Crippen LogP contribution in [0.4, 0.5) is 0 Å². The Hall–Kier alpha value is -1.36. The summed E-state index contributed by atoms with van der Waals surface area (Å²) in [6.45, 7) is 3.55. The summed E-state index contributed by atoms with van der Waals surface area (Å²) in [5.41, 5.74) is 1.43. The van der Waals surface area contributed by atoms with Crippen molar-refractivity contribution in [2.24, 2.45) is 0 Å². The van der Waals surface area contributed by atoms with E-state index in [1.165, 1.54) is 11.3 Å². The van der Waals surface area contributed by atoms with Gasteiger partial charge in [0.05, 0.1) is 5.56 Å². The number of carboxylic acids is 1. The summed E-state index contributed by atoms with van der Waals surface area (Å²) in [6, 6.07) is -0.809. The zero-order valence-corrected chi connectivity index (χ0v) is 9.43. The second kappa shape index (κ2) is 4.93. The molecule has 1 rings (SSSR count). The van der Waals surface area contributed by atoms with Gasteiger partial charge in [-0.05, 0) is 24.3 Å². The summed E-state index contributed by atoms with van der Waals surface area (Å²) in [5, 5.41) is 14.8. The fourth-order valence-electron chi connectivity index (χ4n) is 1.17. The van der Waals surface area contributed by atoms with Crippen LogP contribution in [-0.4, -0.2) is 23.0 Å². The molecule has 0 aromatic carbocycles. The van der Waals surface area contributed by atoms with Crippen LogP contribution in [0.1, 0.15) is 29.3 Å². The van der Waals surface area contributed by atoms with Gasteiger partial charge in [0.15, 0.2) is 0 Å². The molecule has 0 saturated heterocycles. The molecule has 1 atom stereocenters. The van der Waals surface area contributed by atoms with Crippen molar-refractivity contribution in [1.82, 2.24) is 5.32 Å². The van der Waals surface area contributed by atoms with Crippen LogP contribution in [0.25, 0.3) is 0 Å². The zero-order chi connectivity index (χ0) is 11.4. The first kappa shape index (κ1) is 11.7. The average molecular weight is 227 g/mol. The van der Waals surface area contributed by atoms with E-state index in [0.717, 1.165) is 5.56 Å². The zero-order valence-electron chi connectivity index (χ0n) is 8.61. The van der Waals surface area contributed by atoms with E-state index < -0.39 is 12.0 Å². The maximum atomic E-state index is 11.6. The van der Waals surface area contributed by atoms with Crippen LogP contribution in [0.3, 0.4) is 0 Å². The van der Waals surface area contributed by atoms with Gasteiger partial charge in [0.25, 0.3) is 5.91 Å². The first-order valence-electron chi connectivity index (χ1n) is 4.62. The molecule has 5 heteroatoms. The van der Waals surface area contributed by atoms with Crippen molar-refractivity contribution in [3.05, 3.63) is 21.9 Å². The van der Waals surface area contributed by atoms with E-state index in [9.17, 15) is 9.59 Å². The molecular weight excluding hydrogens is 214 g/mol. The van der Waals surface area contributed by atoms with Gasteiger partial charge in [0.2, 0.25) is 0 Å². The fourth-order valence-corrected chi connectivity index (χ4v) is 2.00. The maximum absolute atomic E-state index is 11.6. The van der Waals surface area contributed by atoms with E-state index in [0.29, 0.717) is 12.0 Å². The molecule has 4 nitrogen and oxygen atoms in total. The largest absolute Gasteiger partial charge is 0.480 e. The molecule has 1 heterocycles. The van der Waals surface area contributed by atoms with Crippen molar-refractivity contribution in [3.63, 3.8) is 0 Å². The molecule has 0 radical (unpaired) electrons. The Morgan fingerprint density at radius 2 is 2.20 bits per heavy atom. The second-order valence-electron chi connectivity index (χ2n) is 3.24. The molecule has 0 aliphatic heterocycles. The first-order valence-corrected chi connectivity index (χ1v) is 5.57. The van der Waals surface area contributed by atoms with Crippen LogP contribution >= 0.6 is 11.3 Å². The van der Waals surface area contributed by atoms with Gasteiger partial charge in [-0.2, -0.15) is 11.3 Å². The molecule has 15 heavy (non-hydrogen) atoms. The number of amides is 1. The molecule has 0 saturated carbocycles. The van der Waals surface area contributed by atoms with Gasteiger partial charge in [0.1, 0.15) is 6.04 Å². The Morgan fingerprint density at radius 1 is 1.53 bits per heavy atom. The molecular formula is C10H13NO3S. The number of carbonyl (C=O) groups is 2.